The highest BCUT2D eigenvalue weighted by molar-refractivity contribution is 7.89. The van der Waals surface area contributed by atoms with E-state index in [0.717, 1.165) is 5.56 Å². The minimum Gasteiger partial charge on any atom is -0.464 e. The molecule has 1 aromatic carbocycles. The molecule has 1 aromatic rings. The van der Waals surface area contributed by atoms with Crippen molar-refractivity contribution in [2.45, 2.75) is 65.0 Å². The van der Waals surface area contributed by atoms with Crippen LogP contribution in [0.1, 0.15) is 44.4 Å². The van der Waals surface area contributed by atoms with Gasteiger partial charge in [-0.25, -0.2) is 13.2 Å². The Morgan fingerprint density at radius 1 is 1.03 bits per heavy atom. The first-order chi connectivity index (χ1) is 14.6. The van der Waals surface area contributed by atoms with Gasteiger partial charge in [0.2, 0.25) is 15.9 Å². The molecule has 32 heavy (non-hydrogen) atoms. The number of hydrogen-bond acceptors (Lipinski definition) is 7. The van der Waals surface area contributed by atoms with Gasteiger partial charge in [-0.2, -0.15) is 4.72 Å². The molecule has 0 bridgehead atoms. The predicted octanol–water partition coefficient (Wildman–Crippen LogP) is 1.46. The number of aryl methyl sites for hydroxylation is 3. The molecule has 11 heteroatoms. The molecule has 180 valence electrons. The Labute approximate surface area is 189 Å². The molecule has 1 atom stereocenters. The number of sulfonamides is 1. The number of hydrogen-bond donors (Lipinski definition) is 3. The normalized spacial score (nSPS) is 12.6. The summed E-state index contributed by atoms with van der Waals surface area (Å²) in [7, 11) is -4.10. The molecule has 0 heterocycles. The highest BCUT2D eigenvalue weighted by atomic mass is 32.2. The van der Waals surface area contributed by atoms with Crippen molar-refractivity contribution in [3.8, 4) is 0 Å². The quantitative estimate of drug-likeness (QED) is 0.366. The monoisotopic (exact) mass is 471 g/mol. The maximum absolute atomic E-state index is 13.1. The van der Waals surface area contributed by atoms with Gasteiger partial charge >= 0.3 is 12.1 Å². The standard InChI is InChI=1S/C21H33N3O7S/c1-13-10-14(2)18(15(3)11-13)32(28,29)24-17(12-23-20(27)31-21(5,6)7)19(26)22-8-9-30-16(4)25/h10-11,17,24H,8-9,12H2,1-7H3,(H,22,26)(H,23,27). The average molecular weight is 472 g/mol. The summed E-state index contributed by atoms with van der Waals surface area (Å²) in [4.78, 5) is 35.6. The Hall–Kier alpha value is -2.66. The summed E-state index contributed by atoms with van der Waals surface area (Å²) in [6.07, 6.45) is -0.794. The molecule has 0 fully saturated rings. The van der Waals surface area contributed by atoms with Crippen LogP contribution in [0.4, 0.5) is 4.79 Å². The number of alkyl carbamates (subject to hydrolysis) is 1. The maximum Gasteiger partial charge on any atom is 0.407 e. The van der Waals surface area contributed by atoms with E-state index in [9.17, 15) is 22.8 Å². The summed E-state index contributed by atoms with van der Waals surface area (Å²) >= 11 is 0. The van der Waals surface area contributed by atoms with Gasteiger partial charge in [0, 0.05) is 13.5 Å². The molecule has 0 aliphatic heterocycles. The Kier molecular flexibility index (Phi) is 9.65. The molecular formula is C21H33N3O7S. The van der Waals surface area contributed by atoms with Crippen LogP contribution in [0.5, 0.6) is 0 Å². The molecule has 1 rings (SSSR count). The lowest BCUT2D eigenvalue weighted by molar-refractivity contribution is -0.141. The molecule has 0 radical (unpaired) electrons. The van der Waals surface area contributed by atoms with Gasteiger partial charge in [-0.15, -0.1) is 0 Å². The van der Waals surface area contributed by atoms with E-state index in [4.69, 9.17) is 9.47 Å². The Balaban J connectivity index is 3.04. The maximum atomic E-state index is 13.1. The first-order valence-electron chi connectivity index (χ1n) is 10.1. The molecule has 0 aliphatic rings. The second-order valence-electron chi connectivity index (χ2n) is 8.42. The zero-order chi connectivity index (χ0) is 24.7. The number of rotatable bonds is 9. The molecule has 10 nitrogen and oxygen atoms in total. The Bertz CT molecular complexity index is 930. The van der Waals surface area contributed by atoms with E-state index >= 15 is 0 Å². The van der Waals surface area contributed by atoms with Gasteiger partial charge in [0.05, 0.1) is 11.4 Å². The molecule has 0 spiro atoms. The molecule has 2 amide bonds. The summed E-state index contributed by atoms with van der Waals surface area (Å²) in [5.74, 6) is -1.20. The minimum absolute atomic E-state index is 0.0222. The third-order valence-electron chi connectivity index (χ3n) is 4.04. The molecule has 1 unspecified atom stereocenters. The van der Waals surface area contributed by atoms with Crippen molar-refractivity contribution in [3.63, 3.8) is 0 Å². The highest BCUT2D eigenvalue weighted by Gasteiger charge is 2.29. The smallest absolute Gasteiger partial charge is 0.407 e. The number of ether oxygens (including phenoxy) is 2. The van der Waals surface area contributed by atoms with Gasteiger partial charge < -0.3 is 20.1 Å². The van der Waals surface area contributed by atoms with E-state index in [1.807, 2.05) is 6.92 Å². The van der Waals surface area contributed by atoms with Crippen molar-refractivity contribution in [3.05, 3.63) is 28.8 Å². The third kappa shape index (κ3) is 9.23. The summed E-state index contributed by atoms with van der Waals surface area (Å²) in [6.45, 7) is 11.0. The van der Waals surface area contributed by atoms with Crippen molar-refractivity contribution in [1.82, 2.24) is 15.4 Å². The van der Waals surface area contributed by atoms with Crippen LogP contribution >= 0.6 is 0 Å². The van der Waals surface area contributed by atoms with Crippen LogP contribution in [-0.4, -0.2) is 57.7 Å². The van der Waals surface area contributed by atoms with Gasteiger partial charge in [-0.1, -0.05) is 17.7 Å². The molecular weight excluding hydrogens is 438 g/mol. The number of amides is 2. The van der Waals surface area contributed by atoms with E-state index in [1.165, 1.54) is 6.92 Å². The first-order valence-corrected chi connectivity index (χ1v) is 11.6. The van der Waals surface area contributed by atoms with E-state index in [-0.39, 0.29) is 24.6 Å². The Morgan fingerprint density at radius 3 is 2.09 bits per heavy atom. The van der Waals surface area contributed by atoms with Crippen LogP contribution in [0.2, 0.25) is 0 Å². The van der Waals surface area contributed by atoms with E-state index < -0.39 is 39.6 Å². The van der Waals surface area contributed by atoms with E-state index in [0.29, 0.717) is 11.1 Å². The van der Waals surface area contributed by atoms with Gasteiger partial charge in [-0.05, 0) is 52.7 Å². The lowest BCUT2D eigenvalue weighted by atomic mass is 10.1. The highest BCUT2D eigenvalue weighted by Crippen LogP contribution is 2.21. The number of carbonyl (C=O) groups is 3. The second-order valence-corrected chi connectivity index (χ2v) is 10.1. The van der Waals surface area contributed by atoms with Crippen LogP contribution in [-0.2, 0) is 29.1 Å². The van der Waals surface area contributed by atoms with Gasteiger partial charge in [0.15, 0.2) is 0 Å². The van der Waals surface area contributed by atoms with Gasteiger partial charge in [-0.3, -0.25) is 9.59 Å². The first kappa shape index (κ1) is 27.4. The largest absolute Gasteiger partial charge is 0.464 e. The minimum atomic E-state index is -4.10. The van der Waals surface area contributed by atoms with E-state index in [1.54, 1.807) is 46.8 Å². The fourth-order valence-electron chi connectivity index (χ4n) is 3.02. The summed E-state index contributed by atoms with van der Waals surface area (Å²) in [5.41, 5.74) is 1.21. The van der Waals surface area contributed by atoms with Gasteiger partial charge in [0.25, 0.3) is 0 Å². The summed E-state index contributed by atoms with van der Waals surface area (Å²) in [6, 6.07) is 2.13. The number of benzene rings is 1. The van der Waals surface area contributed by atoms with Crippen LogP contribution < -0.4 is 15.4 Å². The number of nitrogens with one attached hydrogen (secondary N) is 3. The van der Waals surface area contributed by atoms with Crippen LogP contribution in [0, 0.1) is 20.8 Å². The fraction of sp³-hybridized carbons (Fsp3) is 0.571. The zero-order valence-electron chi connectivity index (χ0n) is 19.6. The van der Waals surface area contributed by atoms with Crippen molar-refractivity contribution >= 4 is 28.0 Å². The van der Waals surface area contributed by atoms with Crippen molar-refractivity contribution in [2.24, 2.45) is 0 Å². The molecule has 0 saturated heterocycles. The van der Waals surface area contributed by atoms with Crippen LogP contribution in [0.25, 0.3) is 0 Å². The molecule has 0 aromatic heterocycles. The van der Waals surface area contributed by atoms with Crippen molar-refractivity contribution < 1.29 is 32.3 Å². The lowest BCUT2D eigenvalue weighted by Crippen LogP contribution is -2.53. The van der Waals surface area contributed by atoms with E-state index in [2.05, 4.69) is 15.4 Å². The lowest BCUT2D eigenvalue weighted by Gasteiger charge is -2.23. The van der Waals surface area contributed by atoms with Crippen LogP contribution in [0.3, 0.4) is 0 Å². The topological polar surface area (TPSA) is 140 Å². The number of carbonyl (C=O) groups excluding carboxylic acids is 3. The van der Waals surface area contributed by atoms with Crippen molar-refractivity contribution in [2.75, 3.05) is 19.7 Å². The van der Waals surface area contributed by atoms with Gasteiger partial charge in [0.1, 0.15) is 18.2 Å². The van der Waals surface area contributed by atoms with Crippen molar-refractivity contribution in [1.29, 1.82) is 0 Å². The van der Waals surface area contributed by atoms with Crippen LogP contribution in [0.15, 0.2) is 17.0 Å². The fourth-order valence-corrected chi connectivity index (χ4v) is 4.66. The second kappa shape index (κ2) is 11.3. The third-order valence-corrected chi connectivity index (χ3v) is 5.82. The SMILES string of the molecule is CC(=O)OCCNC(=O)C(CNC(=O)OC(C)(C)C)NS(=O)(=O)c1c(C)cc(C)cc1C. The predicted molar refractivity (Wildman–Crippen MR) is 119 cm³/mol. The average Bonchev–Trinajstić information content (AvgIpc) is 2.59. The number of esters is 1. The zero-order valence-corrected chi connectivity index (χ0v) is 20.4. The molecule has 0 aliphatic carbocycles. The summed E-state index contributed by atoms with van der Waals surface area (Å²) < 4.78 is 38.4. The Morgan fingerprint density at radius 2 is 1.59 bits per heavy atom. The molecule has 3 N–H and O–H groups in total. The molecule has 0 saturated carbocycles. The summed E-state index contributed by atoms with van der Waals surface area (Å²) in [5, 5.41) is 4.89.